The van der Waals surface area contributed by atoms with E-state index in [-0.39, 0.29) is 11.8 Å². The normalized spacial score (nSPS) is 16.9. The van der Waals surface area contributed by atoms with Crippen molar-refractivity contribution in [3.05, 3.63) is 58.6 Å². The summed E-state index contributed by atoms with van der Waals surface area (Å²) in [6.45, 7) is 4.25. The van der Waals surface area contributed by atoms with Crippen molar-refractivity contribution in [1.82, 2.24) is 15.6 Å². The van der Waals surface area contributed by atoms with Crippen LogP contribution in [0.4, 0.5) is 0 Å². The summed E-state index contributed by atoms with van der Waals surface area (Å²) < 4.78 is 0. The summed E-state index contributed by atoms with van der Waals surface area (Å²) in [6, 6.07) is 14.2. The van der Waals surface area contributed by atoms with Crippen molar-refractivity contribution in [3.63, 3.8) is 0 Å². The second kappa shape index (κ2) is 7.14. The molecule has 1 aliphatic rings. The average molecular weight is 368 g/mol. The Balaban J connectivity index is 1.67. The highest BCUT2D eigenvalue weighted by molar-refractivity contribution is 6.31. The molecule has 1 amide bonds. The third-order valence-corrected chi connectivity index (χ3v) is 5.38. The number of benzene rings is 2. The predicted molar refractivity (Wildman–Crippen MR) is 106 cm³/mol. The highest BCUT2D eigenvalue weighted by atomic mass is 35.5. The van der Waals surface area contributed by atoms with Crippen LogP contribution in [0.15, 0.2) is 42.5 Å². The lowest BCUT2D eigenvalue weighted by Crippen LogP contribution is -2.31. The number of fused-ring (bicyclic) bond motifs is 1. The van der Waals surface area contributed by atoms with Gasteiger partial charge in [0.05, 0.1) is 11.4 Å². The van der Waals surface area contributed by atoms with Crippen molar-refractivity contribution in [2.75, 3.05) is 13.1 Å². The molecule has 0 aliphatic carbocycles. The topological polar surface area (TPSA) is 56.9 Å². The molecule has 2 aromatic carbocycles. The molecule has 2 heterocycles. The van der Waals surface area contributed by atoms with E-state index in [1.54, 1.807) is 0 Å². The van der Waals surface area contributed by atoms with Crippen molar-refractivity contribution in [2.45, 2.75) is 19.9 Å². The van der Waals surface area contributed by atoms with Crippen LogP contribution in [0.5, 0.6) is 0 Å². The van der Waals surface area contributed by atoms with E-state index < -0.39 is 0 Å². The van der Waals surface area contributed by atoms with E-state index in [0.29, 0.717) is 11.6 Å². The number of aryl methyl sites for hydroxylation is 1. The van der Waals surface area contributed by atoms with Crippen LogP contribution in [0, 0.1) is 12.8 Å². The number of rotatable bonds is 4. The first kappa shape index (κ1) is 17.1. The second-order valence-corrected chi connectivity index (χ2v) is 7.32. The summed E-state index contributed by atoms with van der Waals surface area (Å²) in [5, 5.41) is 8.09. The van der Waals surface area contributed by atoms with Gasteiger partial charge in [-0.3, -0.25) is 4.79 Å². The first-order valence-electron chi connectivity index (χ1n) is 8.98. The first-order valence-corrected chi connectivity index (χ1v) is 9.36. The lowest BCUT2D eigenvalue weighted by Gasteiger charge is -2.11. The summed E-state index contributed by atoms with van der Waals surface area (Å²) in [6.07, 6.45) is 0.899. The van der Waals surface area contributed by atoms with Crippen LogP contribution in [-0.4, -0.2) is 24.0 Å². The van der Waals surface area contributed by atoms with Gasteiger partial charge in [0.1, 0.15) is 0 Å². The summed E-state index contributed by atoms with van der Waals surface area (Å²) in [7, 11) is 0. The number of hydrogen-bond donors (Lipinski definition) is 3. The molecule has 4 nitrogen and oxygen atoms in total. The minimum atomic E-state index is 0.0648. The Hall–Kier alpha value is -2.30. The molecule has 26 heavy (non-hydrogen) atoms. The zero-order chi connectivity index (χ0) is 18.1. The summed E-state index contributed by atoms with van der Waals surface area (Å²) in [5.41, 5.74) is 5.45. The fourth-order valence-corrected chi connectivity index (χ4v) is 3.94. The van der Waals surface area contributed by atoms with Crippen molar-refractivity contribution in [2.24, 2.45) is 5.92 Å². The van der Waals surface area contributed by atoms with Crippen molar-refractivity contribution < 1.29 is 4.79 Å². The summed E-state index contributed by atoms with van der Waals surface area (Å²) in [4.78, 5) is 15.9. The van der Waals surface area contributed by atoms with Gasteiger partial charge in [-0.15, -0.1) is 0 Å². The minimum Gasteiger partial charge on any atom is -0.354 e. The van der Waals surface area contributed by atoms with Crippen LogP contribution < -0.4 is 10.6 Å². The molecular formula is C21H22ClN3O. The van der Waals surface area contributed by atoms with Gasteiger partial charge in [0.15, 0.2) is 0 Å². The number of H-pyrrole nitrogens is 1. The zero-order valence-electron chi connectivity index (χ0n) is 14.7. The Kier molecular flexibility index (Phi) is 4.70. The van der Waals surface area contributed by atoms with E-state index >= 15 is 0 Å². The van der Waals surface area contributed by atoms with Gasteiger partial charge in [0.2, 0.25) is 5.91 Å². The second-order valence-electron chi connectivity index (χ2n) is 6.89. The lowest BCUT2D eigenvalue weighted by atomic mass is 10.0. The molecule has 1 aliphatic heterocycles. The molecule has 0 radical (unpaired) electrons. The summed E-state index contributed by atoms with van der Waals surface area (Å²) >= 11 is 6.36. The van der Waals surface area contributed by atoms with E-state index in [1.807, 2.05) is 30.3 Å². The predicted octanol–water partition coefficient (Wildman–Crippen LogP) is 4.02. The standard InChI is InChI=1S/C21H22ClN3O/c1-13-18-10-17(22)9-16(12-24-21(26)15-7-8-23-11-15)20(18)25-19(13)14-5-3-2-4-6-14/h2-6,9-10,15,23,25H,7-8,11-12H2,1H3,(H,24,26)/t15-/m1/s1. The number of halogens is 1. The Bertz CT molecular complexity index is 943. The maximum absolute atomic E-state index is 12.3. The number of nitrogens with one attached hydrogen (secondary N) is 3. The van der Waals surface area contributed by atoms with Crippen molar-refractivity contribution in [1.29, 1.82) is 0 Å². The molecule has 1 aromatic heterocycles. The van der Waals surface area contributed by atoms with Crippen LogP contribution in [-0.2, 0) is 11.3 Å². The lowest BCUT2D eigenvalue weighted by molar-refractivity contribution is -0.124. The summed E-state index contributed by atoms with van der Waals surface area (Å²) in [5.74, 6) is 0.171. The Labute approximate surface area is 157 Å². The maximum atomic E-state index is 12.3. The molecule has 134 valence electrons. The van der Waals surface area contributed by atoms with E-state index in [1.165, 1.54) is 5.56 Å². The fraction of sp³-hybridized carbons (Fsp3) is 0.286. The zero-order valence-corrected chi connectivity index (χ0v) is 15.5. The van der Waals surface area contributed by atoms with Gasteiger partial charge >= 0.3 is 0 Å². The Morgan fingerprint density at radius 1 is 1.27 bits per heavy atom. The van der Waals surface area contributed by atoms with Gasteiger partial charge in [-0.1, -0.05) is 41.9 Å². The Morgan fingerprint density at radius 2 is 2.08 bits per heavy atom. The number of amides is 1. The van der Waals surface area contributed by atoms with Crippen LogP contribution in [0.25, 0.3) is 22.2 Å². The Morgan fingerprint density at radius 3 is 2.81 bits per heavy atom. The van der Waals surface area contributed by atoms with Crippen LogP contribution in [0.2, 0.25) is 5.02 Å². The smallest absolute Gasteiger partial charge is 0.224 e. The highest BCUT2D eigenvalue weighted by Crippen LogP contribution is 2.33. The van der Waals surface area contributed by atoms with Crippen molar-refractivity contribution >= 4 is 28.4 Å². The molecular weight excluding hydrogens is 346 g/mol. The molecule has 5 heteroatoms. The van der Waals surface area contributed by atoms with Gasteiger partial charge < -0.3 is 15.6 Å². The number of carbonyl (C=O) groups is 1. The third-order valence-electron chi connectivity index (χ3n) is 5.16. The molecule has 3 aromatic rings. The molecule has 0 bridgehead atoms. The van der Waals surface area contributed by atoms with Crippen LogP contribution in [0.3, 0.4) is 0 Å². The average Bonchev–Trinajstić information content (AvgIpc) is 3.29. The van der Waals surface area contributed by atoms with E-state index in [4.69, 9.17) is 11.6 Å². The minimum absolute atomic E-state index is 0.0648. The van der Waals surface area contributed by atoms with E-state index in [0.717, 1.165) is 47.2 Å². The molecule has 0 saturated carbocycles. The molecule has 0 spiro atoms. The monoisotopic (exact) mass is 367 g/mol. The van der Waals surface area contributed by atoms with E-state index in [9.17, 15) is 4.79 Å². The van der Waals surface area contributed by atoms with Gasteiger partial charge in [-0.05, 0) is 48.7 Å². The largest absolute Gasteiger partial charge is 0.354 e. The number of hydrogen-bond acceptors (Lipinski definition) is 2. The van der Waals surface area contributed by atoms with Crippen LogP contribution in [0.1, 0.15) is 17.5 Å². The number of carbonyl (C=O) groups excluding carboxylic acids is 1. The molecule has 1 saturated heterocycles. The third kappa shape index (κ3) is 3.22. The van der Waals surface area contributed by atoms with Gasteiger partial charge in [0, 0.05) is 29.2 Å². The maximum Gasteiger partial charge on any atom is 0.224 e. The SMILES string of the molecule is Cc1c(-c2ccccc2)[nH]c2c(CNC(=O)[C@@H]3CCNC3)cc(Cl)cc12. The van der Waals surface area contributed by atoms with E-state index in [2.05, 4.69) is 34.7 Å². The quantitative estimate of drug-likeness (QED) is 0.652. The molecule has 0 unspecified atom stereocenters. The molecule has 3 N–H and O–H groups in total. The van der Waals surface area contributed by atoms with Gasteiger partial charge in [-0.25, -0.2) is 0 Å². The number of aromatic amines is 1. The van der Waals surface area contributed by atoms with Crippen LogP contribution >= 0.6 is 11.6 Å². The molecule has 1 fully saturated rings. The van der Waals surface area contributed by atoms with Gasteiger partial charge in [0.25, 0.3) is 0 Å². The van der Waals surface area contributed by atoms with Crippen molar-refractivity contribution in [3.8, 4) is 11.3 Å². The number of aromatic nitrogens is 1. The first-order chi connectivity index (χ1) is 12.6. The highest BCUT2D eigenvalue weighted by Gasteiger charge is 2.22. The molecule has 1 atom stereocenters. The van der Waals surface area contributed by atoms with Gasteiger partial charge in [-0.2, -0.15) is 0 Å². The fourth-order valence-electron chi connectivity index (χ4n) is 3.70. The molecule has 4 rings (SSSR count).